The molecular formula is C14H23N. The van der Waals surface area contributed by atoms with Gasteiger partial charge in [0.05, 0.1) is 0 Å². The third-order valence-electron chi connectivity index (χ3n) is 2.55. The molecule has 1 atom stereocenters. The molecule has 1 unspecified atom stereocenters. The standard InChI is InChI=1S/C14H23N/c1-10(2)5-14(15)9-13-7-11(3)6-12(4)8-13/h6-8,10,14H,5,9,15H2,1-4H3. The lowest BCUT2D eigenvalue weighted by molar-refractivity contribution is 0.493. The van der Waals surface area contributed by atoms with E-state index in [1.54, 1.807) is 0 Å². The fourth-order valence-corrected chi connectivity index (χ4v) is 2.18. The van der Waals surface area contributed by atoms with Crippen molar-refractivity contribution in [2.45, 2.75) is 46.6 Å². The average molecular weight is 205 g/mol. The summed E-state index contributed by atoms with van der Waals surface area (Å²) in [7, 11) is 0. The van der Waals surface area contributed by atoms with E-state index in [0.29, 0.717) is 12.0 Å². The van der Waals surface area contributed by atoms with Crippen molar-refractivity contribution in [1.29, 1.82) is 0 Å². The van der Waals surface area contributed by atoms with Gasteiger partial charge in [-0.25, -0.2) is 0 Å². The zero-order chi connectivity index (χ0) is 11.4. The number of aryl methyl sites for hydroxylation is 2. The second-order valence-corrected chi connectivity index (χ2v) is 5.09. The first kappa shape index (κ1) is 12.3. The van der Waals surface area contributed by atoms with Crippen molar-refractivity contribution in [3.05, 3.63) is 34.9 Å². The predicted octanol–water partition coefficient (Wildman–Crippen LogP) is 3.22. The van der Waals surface area contributed by atoms with Gasteiger partial charge in [0, 0.05) is 6.04 Å². The van der Waals surface area contributed by atoms with Crippen LogP contribution in [0, 0.1) is 19.8 Å². The first-order valence-corrected chi connectivity index (χ1v) is 5.80. The van der Waals surface area contributed by atoms with Crippen LogP contribution in [0.25, 0.3) is 0 Å². The van der Waals surface area contributed by atoms with Gasteiger partial charge in [0.2, 0.25) is 0 Å². The van der Waals surface area contributed by atoms with E-state index in [9.17, 15) is 0 Å². The fourth-order valence-electron chi connectivity index (χ4n) is 2.18. The molecule has 1 nitrogen and oxygen atoms in total. The highest BCUT2D eigenvalue weighted by Gasteiger charge is 2.07. The smallest absolute Gasteiger partial charge is 0.00817 e. The molecule has 0 aromatic heterocycles. The minimum absolute atomic E-state index is 0.297. The summed E-state index contributed by atoms with van der Waals surface area (Å²) in [5, 5.41) is 0. The monoisotopic (exact) mass is 205 g/mol. The van der Waals surface area contributed by atoms with Crippen molar-refractivity contribution in [2.24, 2.45) is 11.7 Å². The fraction of sp³-hybridized carbons (Fsp3) is 0.571. The summed E-state index contributed by atoms with van der Waals surface area (Å²) in [6.45, 7) is 8.73. The molecule has 1 aromatic rings. The van der Waals surface area contributed by atoms with Crippen LogP contribution < -0.4 is 5.73 Å². The largest absolute Gasteiger partial charge is 0.327 e. The molecule has 15 heavy (non-hydrogen) atoms. The minimum Gasteiger partial charge on any atom is -0.327 e. The van der Waals surface area contributed by atoms with Crippen LogP contribution in [0.1, 0.15) is 37.0 Å². The summed E-state index contributed by atoms with van der Waals surface area (Å²) in [6, 6.07) is 6.99. The quantitative estimate of drug-likeness (QED) is 0.802. The van der Waals surface area contributed by atoms with E-state index in [4.69, 9.17) is 5.73 Å². The van der Waals surface area contributed by atoms with Crippen molar-refractivity contribution in [2.75, 3.05) is 0 Å². The van der Waals surface area contributed by atoms with Gasteiger partial charge in [-0.1, -0.05) is 43.2 Å². The Morgan fingerprint density at radius 2 is 1.60 bits per heavy atom. The van der Waals surface area contributed by atoms with Gasteiger partial charge in [0.15, 0.2) is 0 Å². The van der Waals surface area contributed by atoms with Crippen molar-refractivity contribution in [1.82, 2.24) is 0 Å². The van der Waals surface area contributed by atoms with Gasteiger partial charge >= 0.3 is 0 Å². The summed E-state index contributed by atoms with van der Waals surface area (Å²) >= 11 is 0. The summed E-state index contributed by atoms with van der Waals surface area (Å²) in [4.78, 5) is 0. The third-order valence-corrected chi connectivity index (χ3v) is 2.55. The van der Waals surface area contributed by atoms with Gasteiger partial charge < -0.3 is 5.73 Å². The summed E-state index contributed by atoms with van der Waals surface area (Å²) < 4.78 is 0. The molecule has 0 radical (unpaired) electrons. The lowest BCUT2D eigenvalue weighted by Crippen LogP contribution is -2.24. The van der Waals surface area contributed by atoms with Gasteiger partial charge in [-0.3, -0.25) is 0 Å². The average Bonchev–Trinajstić information content (AvgIpc) is 1.98. The normalized spacial score (nSPS) is 13.2. The highest BCUT2D eigenvalue weighted by Crippen LogP contribution is 2.13. The lowest BCUT2D eigenvalue weighted by Gasteiger charge is -2.14. The maximum absolute atomic E-state index is 6.11. The van der Waals surface area contributed by atoms with Crippen LogP contribution in [-0.2, 0) is 6.42 Å². The molecule has 0 amide bonds. The summed E-state index contributed by atoms with van der Waals surface area (Å²) in [5.41, 5.74) is 10.2. The second-order valence-electron chi connectivity index (χ2n) is 5.09. The third kappa shape index (κ3) is 4.48. The molecule has 0 heterocycles. The van der Waals surface area contributed by atoms with E-state index < -0.39 is 0 Å². The molecule has 0 aliphatic rings. The molecule has 1 rings (SSSR count). The highest BCUT2D eigenvalue weighted by molar-refractivity contribution is 5.29. The van der Waals surface area contributed by atoms with Crippen LogP contribution in [0.5, 0.6) is 0 Å². The van der Waals surface area contributed by atoms with Crippen LogP contribution in [0.15, 0.2) is 18.2 Å². The van der Waals surface area contributed by atoms with E-state index in [1.807, 2.05) is 0 Å². The first-order chi connectivity index (χ1) is 6.97. The molecular weight excluding hydrogens is 182 g/mol. The Labute approximate surface area is 93.7 Å². The molecule has 2 N–H and O–H groups in total. The molecule has 0 saturated heterocycles. The highest BCUT2D eigenvalue weighted by atomic mass is 14.6. The Kier molecular flexibility index (Phi) is 4.34. The minimum atomic E-state index is 0.297. The van der Waals surface area contributed by atoms with Crippen LogP contribution >= 0.6 is 0 Å². The number of benzene rings is 1. The van der Waals surface area contributed by atoms with Crippen LogP contribution in [0.2, 0.25) is 0 Å². The predicted molar refractivity (Wildman–Crippen MR) is 67.1 cm³/mol. The molecule has 0 spiro atoms. The van der Waals surface area contributed by atoms with Gasteiger partial charge in [-0.05, 0) is 38.2 Å². The van der Waals surface area contributed by atoms with Gasteiger partial charge in [0.25, 0.3) is 0 Å². The number of nitrogens with two attached hydrogens (primary N) is 1. The Morgan fingerprint density at radius 1 is 1.07 bits per heavy atom. The zero-order valence-electron chi connectivity index (χ0n) is 10.4. The van der Waals surface area contributed by atoms with Crippen LogP contribution in [-0.4, -0.2) is 6.04 Å². The maximum Gasteiger partial charge on any atom is 0.00817 e. The SMILES string of the molecule is Cc1cc(C)cc(CC(N)CC(C)C)c1. The number of hydrogen-bond acceptors (Lipinski definition) is 1. The Morgan fingerprint density at radius 3 is 2.07 bits per heavy atom. The van der Waals surface area contributed by atoms with Crippen molar-refractivity contribution in [3.63, 3.8) is 0 Å². The molecule has 1 aromatic carbocycles. The summed E-state index contributed by atoms with van der Waals surface area (Å²) in [5.74, 6) is 0.686. The number of rotatable bonds is 4. The Balaban J connectivity index is 2.63. The van der Waals surface area contributed by atoms with Crippen LogP contribution in [0.4, 0.5) is 0 Å². The van der Waals surface area contributed by atoms with Gasteiger partial charge in [0.1, 0.15) is 0 Å². The molecule has 0 bridgehead atoms. The molecule has 0 aliphatic heterocycles. The van der Waals surface area contributed by atoms with Gasteiger partial charge in [-0.15, -0.1) is 0 Å². The Hall–Kier alpha value is -0.820. The number of hydrogen-bond donors (Lipinski definition) is 1. The van der Waals surface area contributed by atoms with E-state index in [-0.39, 0.29) is 0 Å². The second kappa shape index (κ2) is 5.32. The topological polar surface area (TPSA) is 26.0 Å². The van der Waals surface area contributed by atoms with E-state index in [0.717, 1.165) is 12.8 Å². The molecule has 0 fully saturated rings. The Bertz CT molecular complexity index is 295. The van der Waals surface area contributed by atoms with Gasteiger partial charge in [-0.2, -0.15) is 0 Å². The van der Waals surface area contributed by atoms with Crippen molar-refractivity contribution in [3.8, 4) is 0 Å². The van der Waals surface area contributed by atoms with E-state index in [2.05, 4.69) is 45.9 Å². The lowest BCUT2D eigenvalue weighted by atomic mass is 9.96. The van der Waals surface area contributed by atoms with E-state index in [1.165, 1.54) is 16.7 Å². The summed E-state index contributed by atoms with van der Waals surface area (Å²) in [6.07, 6.45) is 2.10. The molecule has 84 valence electrons. The molecule has 0 saturated carbocycles. The van der Waals surface area contributed by atoms with E-state index >= 15 is 0 Å². The van der Waals surface area contributed by atoms with Crippen molar-refractivity contribution >= 4 is 0 Å². The maximum atomic E-state index is 6.11. The molecule has 1 heteroatoms. The molecule has 0 aliphatic carbocycles. The van der Waals surface area contributed by atoms with Crippen molar-refractivity contribution < 1.29 is 0 Å². The zero-order valence-corrected chi connectivity index (χ0v) is 10.4. The van der Waals surface area contributed by atoms with Crippen LogP contribution in [0.3, 0.4) is 0 Å². The first-order valence-electron chi connectivity index (χ1n) is 5.80.